The van der Waals surface area contributed by atoms with E-state index in [-0.39, 0.29) is 41.2 Å². The SMILES string of the molecule is [2H]C1([2H])C[C@H]2[C@@H]3CC(=O)C4=CC(=O)CC[C@]4(C)[C@H]3CC[C@]2(C)[C@@]1([2H])O. The fourth-order valence-electron chi connectivity index (χ4n) is 5.79. The number of carbonyl (C=O) groups is 2. The van der Waals surface area contributed by atoms with Gasteiger partial charge in [0, 0.05) is 21.2 Å². The van der Waals surface area contributed by atoms with Crippen molar-refractivity contribution in [2.24, 2.45) is 28.6 Å². The molecule has 0 aromatic rings. The highest BCUT2D eigenvalue weighted by Gasteiger charge is 2.60. The van der Waals surface area contributed by atoms with Gasteiger partial charge in [-0.15, -0.1) is 0 Å². The van der Waals surface area contributed by atoms with Crippen LogP contribution < -0.4 is 0 Å². The third-order valence-corrected chi connectivity index (χ3v) is 7.21. The summed E-state index contributed by atoms with van der Waals surface area (Å²) in [6.45, 7) is 3.91. The predicted molar refractivity (Wildman–Crippen MR) is 83.1 cm³/mol. The van der Waals surface area contributed by atoms with Crippen molar-refractivity contribution in [3.8, 4) is 0 Å². The predicted octanol–water partition coefficient (Wildman–Crippen LogP) is 3.06. The van der Waals surface area contributed by atoms with Crippen LogP contribution in [0.2, 0.25) is 0 Å². The Kier molecular flexibility index (Phi) is 2.38. The van der Waals surface area contributed by atoms with Gasteiger partial charge < -0.3 is 5.11 Å². The third kappa shape index (κ3) is 1.72. The molecule has 0 aromatic heterocycles. The molecule has 0 spiro atoms. The smallest absolute Gasteiger partial charge is 0.159 e. The zero-order valence-corrected chi connectivity index (χ0v) is 13.3. The quantitative estimate of drug-likeness (QED) is 0.748. The lowest BCUT2D eigenvalue weighted by atomic mass is 9.47. The Morgan fingerprint density at radius 3 is 2.82 bits per heavy atom. The molecule has 4 rings (SSSR count). The summed E-state index contributed by atoms with van der Waals surface area (Å²) in [5, 5.41) is 10.7. The number of carbonyl (C=O) groups excluding carboxylic acids is 2. The van der Waals surface area contributed by atoms with Gasteiger partial charge >= 0.3 is 0 Å². The lowest BCUT2D eigenvalue weighted by Gasteiger charge is -2.56. The summed E-state index contributed by atoms with van der Waals surface area (Å²) < 4.78 is 24.8. The van der Waals surface area contributed by atoms with Crippen LogP contribution in [0.3, 0.4) is 0 Å². The molecule has 0 aromatic carbocycles. The topological polar surface area (TPSA) is 54.4 Å². The molecule has 0 saturated heterocycles. The van der Waals surface area contributed by atoms with Gasteiger partial charge in [0.25, 0.3) is 0 Å². The van der Waals surface area contributed by atoms with Crippen LogP contribution in [0, 0.1) is 28.6 Å². The van der Waals surface area contributed by atoms with Crippen LogP contribution in [-0.2, 0) is 9.59 Å². The standard InChI is InChI=1S/C19H26O3/c1-18-7-5-11(20)9-15(18)16(21)10-12-13-3-4-17(22)19(13,2)8-6-14(12)18/h9,12-14,17,22H,3-8,10H2,1-2H3/t12-,13-,14-,17-,18+,19-/m0/s1/i4D2,17D. The van der Waals surface area contributed by atoms with Crippen molar-refractivity contribution in [2.75, 3.05) is 0 Å². The van der Waals surface area contributed by atoms with Crippen molar-refractivity contribution in [1.29, 1.82) is 0 Å². The second-order valence-corrected chi connectivity index (χ2v) is 8.13. The minimum atomic E-state index is -2.13. The molecule has 4 aliphatic carbocycles. The first kappa shape index (κ1) is 11.6. The van der Waals surface area contributed by atoms with E-state index in [1.807, 2.05) is 6.92 Å². The molecule has 3 saturated carbocycles. The molecule has 0 radical (unpaired) electrons. The molecule has 3 fully saturated rings. The highest BCUT2D eigenvalue weighted by Crippen LogP contribution is 2.64. The summed E-state index contributed by atoms with van der Waals surface area (Å²) in [5.41, 5.74) is -0.499. The average molecular weight is 305 g/mol. The van der Waals surface area contributed by atoms with E-state index in [0.717, 1.165) is 6.42 Å². The first-order valence-electron chi connectivity index (χ1n) is 9.95. The van der Waals surface area contributed by atoms with Gasteiger partial charge in [0.1, 0.15) is 0 Å². The minimum Gasteiger partial charge on any atom is -0.393 e. The van der Waals surface area contributed by atoms with Gasteiger partial charge in [-0.2, -0.15) is 0 Å². The molecule has 6 atom stereocenters. The summed E-state index contributed by atoms with van der Waals surface area (Å²) in [6, 6.07) is 0. The lowest BCUT2D eigenvalue weighted by molar-refractivity contribution is -0.132. The molecule has 0 bridgehead atoms. The van der Waals surface area contributed by atoms with Gasteiger partial charge in [-0.05, 0) is 66.7 Å². The first-order valence-corrected chi connectivity index (χ1v) is 8.45. The second-order valence-electron chi connectivity index (χ2n) is 8.13. The second kappa shape index (κ2) is 4.53. The molecule has 120 valence electrons. The van der Waals surface area contributed by atoms with Gasteiger partial charge in [0.2, 0.25) is 0 Å². The molecule has 3 nitrogen and oxygen atoms in total. The number of rotatable bonds is 0. The van der Waals surface area contributed by atoms with Gasteiger partial charge in [-0.1, -0.05) is 13.8 Å². The van der Waals surface area contributed by atoms with Crippen molar-refractivity contribution in [3.63, 3.8) is 0 Å². The van der Waals surface area contributed by atoms with Crippen molar-refractivity contribution in [1.82, 2.24) is 0 Å². The number of fused-ring (bicyclic) bond motifs is 5. The van der Waals surface area contributed by atoms with E-state index in [2.05, 4.69) is 6.92 Å². The average Bonchev–Trinajstić information content (AvgIpc) is 2.66. The van der Waals surface area contributed by atoms with Crippen LogP contribution >= 0.6 is 0 Å². The molecule has 0 amide bonds. The largest absolute Gasteiger partial charge is 0.393 e. The molecule has 4 aliphatic rings. The van der Waals surface area contributed by atoms with E-state index in [0.29, 0.717) is 31.3 Å². The maximum absolute atomic E-state index is 12.8. The molecule has 0 heterocycles. The van der Waals surface area contributed by atoms with E-state index >= 15 is 0 Å². The van der Waals surface area contributed by atoms with Crippen molar-refractivity contribution in [2.45, 2.75) is 64.8 Å². The summed E-state index contributed by atoms with van der Waals surface area (Å²) in [4.78, 5) is 24.7. The Hall–Kier alpha value is -0.960. The maximum atomic E-state index is 12.8. The monoisotopic (exact) mass is 305 g/mol. The van der Waals surface area contributed by atoms with E-state index in [4.69, 9.17) is 4.11 Å². The Labute approximate surface area is 136 Å². The molecular formula is C19H26O3. The van der Waals surface area contributed by atoms with Crippen molar-refractivity contribution in [3.05, 3.63) is 11.6 Å². The normalized spacial score (nSPS) is 58.6. The molecule has 22 heavy (non-hydrogen) atoms. The van der Waals surface area contributed by atoms with Crippen LogP contribution in [-0.4, -0.2) is 22.8 Å². The van der Waals surface area contributed by atoms with Crippen molar-refractivity contribution >= 4 is 11.6 Å². The van der Waals surface area contributed by atoms with E-state index in [1.54, 1.807) is 6.08 Å². The van der Waals surface area contributed by atoms with Crippen molar-refractivity contribution < 1.29 is 18.8 Å². The number of allylic oxidation sites excluding steroid dienone is 1. The molecule has 3 heteroatoms. The molecule has 1 N–H and O–H groups in total. The van der Waals surface area contributed by atoms with Gasteiger partial charge in [0.15, 0.2) is 11.6 Å². The number of Topliss-reactive ketones (excluding diaryl/α,β-unsaturated/α-hetero) is 1. The highest BCUT2D eigenvalue weighted by atomic mass is 16.3. The fourth-order valence-corrected chi connectivity index (χ4v) is 5.79. The molecule has 0 aliphatic heterocycles. The molecular weight excluding hydrogens is 276 g/mol. The first-order chi connectivity index (χ1) is 11.4. The van der Waals surface area contributed by atoms with Gasteiger partial charge in [-0.3, -0.25) is 9.59 Å². The highest BCUT2D eigenvalue weighted by molar-refractivity contribution is 6.05. The minimum absolute atomic E-state index is 0.00188. The zero-order valence-electron chi connectivity index (χ0n) is 16.3. The Bertz CT molecular complexity index is 698. The summed E-state index contributed by atoms with van der Waals surface area (Å²) in [6.07, 6.45) is 0.381. The van der Waals surface area contributed by atoms with Crippen LogP contribution in [0.5, 0.6) is 0 Å². The van der Waals surface area contributed by atoms with E-state index < -0.39 is 17.9 Å². The Morgan fingerprint density at radius 1 is 1.27 bits per heavy atom. The van der Waals surface area contributed by atoms with Gasteiger partial charge in [0.05, 0.1) is 7.45 Å². The van der Waals surface area contributed by atoms with Crippen LogP contribution in [0.4, 0.5) is 0 Å². The lowest BCUT2D eigenvalue weighted by Crippen LogP contribution is -2.53. The molecule has 0 unspecified atom stereocenters. The van der Waals surface area contributed by atoms with Crippen LogP contribution in [0.15, 0.2) is 11.6 Å². The number of aliphatic hydroxyl groups is 1. The third-order valence-electron chi connectivity index (χ3n) is 7.21. The maximum Gasteiger partial charge on any atom is 0.159 e. The zero-order chi connectivity index (χ0) is 18.4. The Morgan fingerprint density at radius 2 is 2.05 bits per heavy atom. The summed E-state index contributed by atoms with van der Waals surface area (Å²) in [5.74, 6) is 0.0479. The number of hydrogen-bond acceptors (Lipinski definition) is 3. The van der Waals surface area contributed by atoms with Gasteiger partial charge in [-0.25, -0.2) is 0 Å². The van der Waals surface area contributed by atoms with Crippen LogP contribution in [0.25, 0.3) is 0 Å². The fraction of sp³-hybridized carbons (Fsp3) is 0.789. The van der Waals surface area contributed by atoms with E-state index in [1.165, 1.54) is 0 Å². The van der Waals surface area contributed by atoms with Crippen LogP contribution in [0.1, 0.15) is 62.9 Å². The summed E-state index contributed by atoms with van der Waals surface area (Å²) in [7, 11) is 0. The summed E-state index contributed by atoms with van der Waals surface area (Å²) >= 11 is 0. The number of hydrogen-bond donors (Lipinski definition) is 1. The van der Waals surface area contributed by atoms with E-state index in [9.17, 15) is 14.7 Å². The number of ketones is 2. The Balaban J connectivity index is 1.78.